The fourth-order valence-electron chi connectivity index (χ4n) is 9.18. The molecule has 4 fully saturated rings. The van der Waals surface area contributed by atoms with E-state index in [-0.39, 0.29) is 41.2 Å². The lowest BCUT2D eigenvalue weighted by Crippen LogP contribution is -2.64. The van der Waals surface area contributed by atoms with Gasteiger partial charge in [-0.3, -0.25) is 9.35 Å². The summed E-state index contributed by atoms with van der Waals surface area (Å²) in [5.74, 6) is 0.781. The van der Waals surface area contributed by atoms with Crippen LogP contribution in [0.5, 0.6) is 0 Å². The van der Waals surface area contributed by atoms with Gasteiger partial charge in [-0.2, -0.15) is 8.42 Å². The van der Waals surface area contributed by atoms with E-state index in [1.54, 1.807) is 0 Å². The lowest BCUT2D eigenvalue weighted by Gasteiger charge is -2.63. The molecule has 35 heavy (non-hydrogen) atoms. The highest BCUT2D eigenvalue weighted by molar-refractivity contribution is 7.85. The summed E-state index contributed by atoms with van der Waals surface area (Å²) >= 11 is 0. The zero-order valence-electron chi connectivity index (χ0n) is 21.4. The number of hydrogen-bond acceptors (Lipinski definition) is 6. The van der Waals surface area contributed by atoms with Crippen LogP contribution in [0.1, 0.15) is 78.6 Å². The normalized spacial score (nSPS) is 46.3. The number of carbonyl (C=O) groups excluding carboxylic acids is 1. The maximum Gasteiger partial charge on any atom is 0.266 e. The van der Waals surface area contributed by atoms with Gasteiger partial charge in [0.05, 0.1) is 24.1 Å². The molecule has 4 rings (SSSR count). The van der Waals surface area contributed by atoms with Crippen LogP contribution < -0.4 is 5.32 Å². The number of aliphatic hydroxyl groups excluding tert-OH is 3. The third-order valence-electron chi connectivity index (χ3n) is 11.0. The zero-order valence-corrected chi connectivity index (χ0v) is 22.2. The number of rotatable bonds is 7. The van der Waals surface area contributed by atoms with Crippen molar-refractivity contribution in [1.82, 2.24) is 5.32 Å². The van der Waals surface area contributed by atoms with Crippen LogP contribution >= 0.6 is 0 Å². The third-order valence-corrected chi connectivity index (χ3v) is 11.7. The van der Waals surface area contributed by atoms with Crippen molar-refractivity contribution in [3.63, 3.8) is 0 Å². The van der Waals surface area contributed by atoms with Crippen molar-refractivity contribution in [2.24, 2.45) is 46.3 Å². The van der Waals surface area contributed by atoms with Crippen molar-refractivity contribution in [2.45, 2.75) is 96.9 Å². The average Bonchev–Trinajstić information content (AvgIpc) is 3.13. The van der Waals surface area contributed by atoms with Crippen LogP contribution in [0.4, 0.5) is 0 Å². The highest BCUT2D eigenvalue weighted by Gasteiger charge is 2.65. The summed E-state index contributed by atoms with van der Waals surface area (Å²) in [6.45, 7) is 6.75. The molecule has 8 nitrogen and oxygen atoms in total. The second-order valence-electron chi connectivity index (χ2n) is 12.7. The SMILES string of the molecule is C[C@H](CCC(=O)NCCS(=O)(=O)O)[C@H]1CC[C@H]2[C@@H]3[C@H](O)[C@H](O)[C@@H]4C[C@H](O)CC[C@]4(C)[C@H]3CC[C@]12C. The Labute approximate surface area is 210 Å². The lowest BCUT2D eigenvalue weighted by atomic mass is 9.43. The molecule has 1 amide bonds. The average molecular weight is 516 g/mol. The first-order valence-electron chi connectivity index (χ1n) is 13.5. The summed E-state index contributed by atoms with van der Waals surface area (Å²) in [6, 6.07) is 0. The van der Waals surface area contributed by atoms with Gasteiger partial charge < -0.3 is 20.6 Å². The smallest absolute Gasteiger partial charge is 0.266 e. The molecule has 0 saturated heterocycles. The Morgan fingerprint density at radius 1 is 0.971 bits per heavy atom. The van der Waals surface area contributed by atoms with Crippen LogP contribution in [0, 0.1) is 46.3 Å². The Morgan fingerprint density at radius 2 is 1.63 bits per heavy atom. The molecular weight excluding hydrogens is 470 g/mol. The molecule has 4 aliphatic rings. The van der Waals surface area contributed by atoms with E-state index in [0.29, 0.717) is 42.9 Å². The quantitative estimate of drug-likeness (QED) is 0.327. The molecular formula is C26H45NO7S. The standard InChI is InChI=1S/C26H45NO7S/c1-15(4-7-21(29)27-12-13-35(32,33)34)17-5-6-18-22-19(9-11-25(17,18)2)26(3)10-8-16(28)14-20(26)23(30)24(22)31/h15-20,22-24,28,30-31H,4-14H2,1-3H3,(H,27,29)(H,32,33,34)/t15-,16-,17-,18+,19+,20+,22+,23-,24+,25-,26-/m1/s1. The highest BCUT2D eigenvalue weighted by atomic mass is 32.2. The van der Waals surface area contributed by atoms with E-state index in [2.05, 4.69) is 26.1 Å². The van der Waals surface area contributed by atoms with E-state index < -0.39 is 28.1 Å². The first kappa shape index (κ1) is 27.3. The molecule has 9 heteroatoms. The fraction of sp³-hybridized carbons (Fsp3) is 0.962. The topological polar surface area (TPSA) is 144 Å². The lowest BCUT2D eigenvalue weighted by molar-refractivity contribution is -0.223. The molecule has 0 spiro atoms. The van der Waals surface area contributed by atoms with Crippen molar-refractivity contribution in [3.05, 3.63) is 0 Å². The van der Waals surface area contributed by atoms with Gasteiger partial charge in [0.1, 0.15) is 0 Å². The van der Waals surface area contributed by atoms with E-state index in [1.807, 2.05) is 0 Å². The molecule has 0 aliphatic heterocycles. The van der Waals surface area contributed by atoms with Crippen molar-refractivity contribution >= 4 is 16.0 Å². The number of nitrogens with one attached hydrogen (secondary N) is 1. The van der Waals surface area contributed by atoms with Crippen LogP contribution in [0.25, 0.3) is 0 Å². The number of hydrogen-bond donors (Lipinski definition) is 5. The number of fused-ring (bicyclic) bond motifs is 5. The third kappa shape index (κ3) is 5.05. The summed E-state index contributed by atoms with van der Waals surface area (Å²) in [5, 5.41) is 35.4. The van der Waals surface area contributed by atoms with Gasteiger partial charge in [-0.25, -0.2) is 0 Å². The summed E-state index contributed by atoms with van der Waals surface area (Å²) in [6.07, 6.45) is 5.54. The van der Waals surface area contributed by atoms with Gasteiger partial charge in [0.2, 0.25) is 5.91 Å². The van der Waals surface area contributed by atoms with Gasteiger partial charge in [0.25, 0.3) is 10.1 Å². The van der Waals surface area contributed by atoms with Gasteiger partial charge in [-0.05, 0) is 97.7 Å². The van der Waals surface area contributed by atoms with Crippen LogP contribution in [-0.2, 0) is 14.9 Å². The number of aliphatic hydroxyl groups is 3. The second kappa shape index (κ2) is 9.86. The minimum absolute atomic E-state index is 0.0479. The molecule has 4 aliphatic carbocycles. The van der Waals surface area contributed by atoms with Crippen molar-refractivity contribution in [3.8, 4) is 0 Å². The molecule has 4 saturated carbocycles. The Balaban J connectivity index is 1.42. The molecule has 0 unspecified atom stereocenters. The summed E-state index contributed by atoms with van der Waals surface area (Å²) in [4.78, 5) is 12.2. The molecule has 0 bridgehead atoms. The van der Waals surface area contributed by atoms with Crippen LogP contribution in [0.2, 0.25) is 0 Å². The van der Waals surface area contributed by atoms with Crippen molar-refractivity contribution < 1.29 is 33.1 Å². The van der Waals surface area contributed by atoms with E-state index >= 15 is 0 Å². The maximum absolute atomic E-state index is 12.2. The second-order valence-corrected chi connectivity index (χ2v) is 14.3. The molecule has 0 aromatic heterocycles. The number of amides is 1. The van der Waals surface area contributed by atoms with Crippen LogP contribution in [0.3, 0.4) is 0 Å². The minimum atomic E-state index is -4.08. The van der Waals surface area contributed by atoms with Gasteiger partial charge in [-0.15, -0.1) is 0 Å². The molecule has 202 valence electrons. The molecule has 11 atom stereocenters. The fourth-order valence-corrected chi connectivity index (χ4v) is 9.54. The van der Waals surface area contributed by atoms with E-state index in [9.17, 15) is 28.5 Å². The first-order chi connectivity index (χ1) is 16.3. The van der Waals surface area contributed by atoms with Gasteiger partial charge >= 0.3 is 0 Å². The van der Waals surface area contributed by atoms with E-state index in [4.69, 9.17) is 4.55 Å². The van der Waals surface area contributed by atoms with Crippen LogP contribution in [0.15, 0.2) is 0 Å². The predicted molar refractivity (Wildman–Crippen MR) is 132 cm³/mol. The molecule has 0 radical (unpaired) electrons. The Morgan fingerprint density at radius 3 is 2.31 bits per heavy atom. The molecule has 5 N–H and O–H groups in total. The Hall–Kier alpha value is -0.740. The monoisotopic (exact) mass is 515 g/mol. The summed E-state index contributed by atoms with van der Waals surface area (Å²) < 4.78 is 30.5. The number of carbonyl (C=O) groups is 1. The molecule has 0 aromatic carbocycles. The largest absolute Gasteiger partial charge is 0.393 e. The molecule has 0 aromatic rings. The van der Waals surface area contributed by atoms with Gasteiger partial charge in [0.15, 0.2) is 0 Å². The zero-order chi connectivity index (χ0) is 25.8. The Kier molecular flexibility index (Phi) is 7.69. The van der Waals surface area contributed by atoms with E-state index in [0.717, 1.165) is 38.5 Å². The first-order valence-corrected chi connectivity index (χ1v) is 15.1. The van der Waals surface area contributed by atoms with E-state index in [1.165, 1.54) is 0 Å². The summed E-state index contributed by atoms with van der Waals surface area (Å²) in [5.41, 5.74) is 0.00776. The summed E-state index contributed by atoms with van der Waals surface area (Å²) in [7, 11) is -4.08. The van der Waals surface area contributed by atoms with Gasteiger partial charge in [-0.1, -0.05) is 20.8 Å². The maximum atomic E-state index is 12.2. The van der Waals surface area contributed by atoms with Crippen molar-refractivity contribution in [2.75, 3.05) is 12.3 Å². The minimum Gasteiger partial charge on any atom is -0.393 e. The highest BCUT2D eigenvalue weighted by Crippen LogP contribution is 2.68. The van der Waals surface area contributed by atoms with Gasteiger partial charge in [0, 0.05) is 13.0 Å². The predicted octanol–water partition coefficient (Wildman–Crippen LogP) is 2.37. The van der Waals surface area contributed by atoms with Crippen LogP contribution in [-0.4, -0.2) is 64.8 Å². The molecule has 0 heterocycles. The Bertz CT molecular complexity index is 896. The van der Waals surface area contributed by atoms with Crippen molar-refractivity contribution in [1.29, 1.82) is 0 Å².